The average Bonchev–Trinajstić information content (AvgIpc) is 2.41. The van der Waals surface area contributed by atoms with Crippen LogP contribution < -0.4 is 11.2 Å². The molecule has 0 spiro atoms. The van der Waals surface area contributed by atoms with Crippen molar-refractivity contribution in [1.82, 2.24) is 5.43 Å². The Labute approximate surface area is 108 Å². The molecule has 0 aromatic heterocycles. The number of fused-ring (bicyclic) bond motifs is 1. The van der Waals surface area contributed by atoms with Crippen LogP contribution in [-0.4, -0.2) is 23.1 Å². The minimum Gasteiger partial charge on any atom is -0.507 e. The zero-order chi connectivity index (χ0) is 13.8. The number of carbonyl (C=O) groups is 2. The van der Waals surface area contributed by atoms with Crippen LogP contribution in [0.1, 0.15) is 5.56 Å². The summed E-state index contributed by atoms with van der Waals surface area (Å²) >= 11 is 0. The highest BCUT2D eigenvalue weighted by atomic mass is 16.3. The van der Waals surface area contributed by atoms with E-state index in [4.69, 9.17) is 5.73 Å². The van der Waals surface area contributed by atoms with Crippen molar-refractivity contribution >= 4 is 28.8 Å². The second kappa shape index (κ2) is 5.18. The fourth-order valence-electron chi connectivity index (χ4n) is 1.59. The van der Waals surface area contributed by atoms with E-state index in [1.165, 1.54) is 6.21 Å². The smallest absolute Gasteiger partial charge is 0.329 e. The minimum atomic E-state index is -1.13. The van der Waals surface area contributed by atoms with Crippen LogP contribution in [0, 0.1) is 0 Å². The van der Waals surface area contributed by atoms with E-state index in [0.717, 1.165) is 5.39 Å². The molecule has 0 aliphatic carbocycles. The van der Waals surface area contributed by atoms with Crippen molar-refractivity contribution in [2.75, 3.05) is 0 Å². The van der Waals surface area contributed by atoms with Gasteiger partial charge in [-0.05, 0) is 11.5 Å². The van der Waals surface area contributed by atoms with Gasteiger partial charge in [-0.15, -0.1) is 0 Å². The molecule has 2 rings (SSSR count). The molecule has 0 atom stereocenters. The van der Waals surface area contributed by atoms with Gasteiger partial charge in [-0.1, -0.05) is 30.3 Å². The predicted molar refractivity (Wildman–Crippen MR) is 70.5 cm³/mol. The zero-order valence-corrected chi connectivity index (χ0v) is 9.83. The van der Waals surface area contributed by atoms with Crippen LogP contribution in [0.5, 0.6) is 5.75 Å². The van der Waals surface area contributed by atoms with E-state index in [1.54, 1.807) is 18.2 Å². The van der Waals surface area contributed by atoms with E-state index in [0.29, 0.717) is 10.9 Å². The van der Waals surface area contributed by atoms with Crippen LogP contribution in [0.15, 0.2) is 41.5 Å². The molecule has 0 unspecified atom stereocenters. The van der Waals surface area contributed by atoms with Crippen LogP contribution >= 0.6 is 0 Å². The van der Waals surface area contributed by atoms with Gasteiger partial charge in [-0.25, -0.2) is 5.43 Å². The monoisotopic (exact) mass is 257 g/mol. The van der Waals surface area contributed by atoms with Crippen molar-refractivity contribution in [3.05, 3.63) is 42.0 Å². The van der Waals surface area contributed by atoms with Gasteiger partial charge >= 0.3 is 11.8 Å². The van der Waals surface area contributed by atoms with Crippen molar-refractivity contribution in [3.8, 4) is 5.75 Å². The zero-order valence-electron chi connectivity index (χ0n) is 9.83. The predicted octanol–water partition coefficient (Wildman–Crippen LogP) is 0.481. The molecule has 0 fully saturated rings. The van der Waals surface area contributed by atoms with Crippen LogP contribution in [-0.2, 0) is 9.59 Å². The number of hydrazone groups is 1. The molecule has 0 radical (unpaired) electrons. The fourth-order valence-corrected chi connectivity index (χ4v) is 1.59. The summed E-state index contributed by atoms with van der Waals surface area (Å²) in [6, 6.07) is 10.8. The third kappa shape index (κ3) is 2.68. The Morgan fingerprint density at radius 3 is 2.68 bits per heavy atom. The highest BCUT2D eigenvalue weighted by molar-refractivity contribution is 6.34. The van der Waals surface area contributed by atoms with E-state index in [-0.39, 0.29) is 5.75 Å². The first kappa shape index (κ1) is 12.6. The van der Waals surface area contributed by atoms with Gasteiger partial charge in [0.2, 0.25) is 0 Å². The van der Waals surface area contributed by atoms with E-state index in [2.05, 4.69) is 5.10 Å². The van der Waals surface area contributed by atoms with Crippen LogP contribution in [0.2, 0.25) is 0 Å². The Balaban J connectivity index is 2.26. The molecule has 4 N–H and O–H groups in total. The first-order chi connectivity index (χ1) is 9.09. The molecule has 6 heteroatoms. The number of benzene rings is 2. The molecular formula is C13H11N3O3. The Bertz CT molecular complexity index is 680. The first-order valence-corrected chi connectivity index (χ1v) is 5.43. The van der Waals surface area contributed by atoms with Crippen LogP contribution in [0.3, 0.4) is 0 Å². The summed E-state index contributed by atoms with van der Waals surface area (Å²) in [6.45, 7) is 0. The summed E-state index contributed by atoms with van der Waals surface area (Å²) in [5.74, 6) is -2.09. The fraction of sp³-hybridized carbons (Fsp3) is 0. The van der Waals surface area contributed by atoms with Gasteiger partial charge in [0.25, 0.3) is 0 Å². The average molecular weight is 257 g/mol. The third-order valence-electron chi connectivity index (χ3n) is 2.53. The van der Waals surface area contributed by atoms with Crippen LogP contribution in [0.25, 0.3) is 10.8 Å². The molecule has 0 aliphatic heterocycles. The topological polar surface area (TPSA) is 105 Å². The largest absolute Gasteiger partial charge is 0.507 e. The second-order valence-electron chi connectivity index (χ2n) is 3.79. The second-order valence-corrected chi connectivity index (χ2v) is 3.79. The van der Waals surface area contributed by atoms with Gasteiger partial charge in [-0.3, -0.25) is 9.59 Å². The number of rotatable bonds is 2. The molecular weight excluding hydrogens is 246 g/mol. The summed E-state index contributed by atoms with van der Waals surface area (Å²) in [4.78, 5) is 21.3. The summed E-state index contributed by atoms with van der Waals surface area (Å²) in [7, 11) is 0. The molecule has 0 saturated heterocycles. The Morgan fingerprint density at radius 2 is 1.95 bits per heavy atom. The van der Waals surface area contributed by atoms with E-state index in [1.807, 2.05) is 23.6 Å². The summed E-state index contributed by atoms with van der Waals surface area (Å²) in [5, 5.41) is 15.1. The molecule has 0 saturated carbocycles. The van der Waals surface area contributed by atoms with Crippen molar-refractivity contribution in [1.29, 1.82) is 0 Å². The quantitative estimate of drug-likeness (QED) is 0.414. The number of aromatic hydroxyl groups is 1. The molecule has 0 bridgehead atoms. The number of hydrogen-bond acceptors (Lipinski definition) is 4. The highest BCUT2D eigenvalue weighted by Crippen LogP contribution is 2.27. The van der Waals surface area contributed by atoms with E-state index < -0.39 is 11.8 Å². The maximum atomic E-state index is 10.9. The van der Waals surface area contributed by atoms with Gasteiger partial charge in [0, 0.05) is 10.9 Å². The molecule has 0 heterocycles. The number of amides is 2. The molecule has 2 aromatic carbocycles. The molecule has 19 heavy (non-hydrogen) atoms. The number of hydrogen-bond donors (Lipinski definition) is 3. The van der Waals surface area contributed by atoms with Gasteiger partial charge in [0.1, 0.15) is 5.75 Å². The summed E-state index contributed by atoms with van der Waals surface area (Å²) in [6.07, 6.45) is 1.24. The van der Waals surface area contributed by atoms with Gasteiger partial charge in [0.15, 0.2) is 0 Å². The molecule has 96 valence electrons. The molecule has 2 aromatic rings. The Hall–Kier alpha value is -2.89. The molecule has 0 aliphatic rings. The lowest BCUT2D eigenvalue weighted by molar-refractivity contribution is -0.137. The number of nitrogens with one attached hydrogen (secondary N) is 1. The minimum absolute atomic E-state index is 0.0511. The normalized spacial score (nSPS) is 10.7. The lowest BCUT2D eigenvalue weighted by Crippen LogP contribution is -2.32. The first-order valence-electron chi connectivity index (χ1n) is 5.43. The number of phenolic OH excluding ortho intramolecular Hbond substituents is 1. The lowest BCUT2D eigenvalue weighted by Gasteiger charge is -2.03. The van der Waals surface area contributed by atoms with E-state index >= 15 is 0 Å². The Kier molecular flexibility index (Phi) is 3.42. The van der Waals surface area contributed by atoms with Gasteiger partial charge < -0.3 is 10.8 Å². The maximum absolute atomic E-state index is 10.9. The number of phenols is 1. The SMILES string of the molecule is NC(=O)C(=O)N/N=C/c1ccc2ccccc2c1O. The van der Waals surface area contributed by atoms with Crippen molar-refractivity contribution in [2.24, 2.45) is 10.8 Å². The van der Waals surface area contributed by atoms with Gasteiger partial charge in [-0.2, -0.15) is 5.10 Å². The standard InChI is InChI=1S/C13H11N3O3/c14-12(18)13(19)16-15-7-9-6-5-8-3-1-2-4-10(8)11(9)17/h1-7,17H,(H2,14,18)(H,16,19)/b15-7+. The van der Waals surface area contributed by atoms with Crippen molar-refractivity contribution in [3.63, 3.8) is 0 Å². The summed E-state index contributed by atoms with van der Waals surface area (Å²) < 4.78 is 0. The van der Waals surface area contributed by atoms with E-state index in [9.17, 15) is 14.7 Å². The summed E-state index contributed by atoms with van der Waals surface area (Å²) in [5.41, 5.74) is 7.12. The third-order valence-corrected chi connectivity index (χ3v) is 2.53. The number of nitrogens with zero attached hydrogens (tertiary/aromatic N) is 1. The van der Waals surface area contributed by atoms with Crippen molar-refractivity contribution < 1.29 is 14.7 Å². The number of carbonyl (C=O) groups excluding carboxylic acids is 2. The number of nitrogens with two attached hydrogens (primary N) is 1. The highest BCUT2D eigenvalue weighted by Gasteiger charge is 2.07. The van der Waals surface area contributed by atoms with Crippen LogP contribution in [0.4, 0.5) is 0 Å². The molecule has 6 nitrogen and oxygen atoms in total. The van der Waals surface area contributed by atoms with Crippen molar-refractivity contribution in [2.45, 2.75) is 0 Å². The Morgan fingerprint density at radius 1 is 1.21 bits per heavy atom. The number of primary amides is 1. The van der Waals surface area contributed by atoms with Gasteiger partial charge in [0.05, 0.1) is 6.21 Å². The maximum Gasteiger partial charge on any atom is 0.329 e. The lowest BCUT2D eigenvalue weighted by atomic mass is 10.1. The molecule has 2 amide bonds.